The molecule has 0 spiro atoms. The minimum atomic E-state index is 0.645. The Labute approximate surface area is 93.5 Å². The third-order valence-corrected chi connectivity index (χ3v) is 3.58. The lowest BCUT2D eigenvalue weighted by Crippen LogP contribution is -2.18. The van der Waals surface area contributed by atoms with Crippen molar-refractivity contribution in [2.24, 2.45) is 4.99 Å². The minimum absolute atomic E-state index is 0.645. The third-order valence-electron chi connectivity index (χ3n) is 2.27. The predicted octanol–water partition coefficient (Wildman–Crippen LogP) is 1.95. The zero-order chi connectivity index (χ0) is 10.7. The summed E-state index contributed by atoms with van der Waals surface area (Å²) in [6.45, 7) is 5.71. The van der Waals surface area contributed by atoms with Crippen LogP contribution in [0.15, 0.2) is 15.6 Å². The van der Waals surface area contributed by atoms with Crippen LogP contribution in [0.5, 0.6) is 0 Å². The average Bonchev–Trinajstić information content (AvgIpc) is 2.83. The number of hydrogen-bond donors (Lipinski definition) is 1. The second kappa shape index (κ2) is 4.70. The Hall–Kier alpha value is -0.970. The smallest absolute Gasteiger partial charge is 0.157 e. The van der Waals surface area contributed by atoms with Gasteiger partial charge < -0.3 is 9.84 Å². The number of rotatable bonds is 3. The second-order valence-corrected chi connectivity index (χ2v) is 4.87. The van der Waals surface area contributed by atoms with Crippen molar-refractivity contribution in [1.29, 1.82) is 0 Å². The Morgan fingerprint density at radius 2 is 2.53 bits per heavy atom. The lowest BCUT2D eigenvalue weighted by molar-refractivity contribution is 0.390. The number of aromatic nitrogens is 1. The molecule has 1 atom stereocenters. The van der Waals surface area contributed by atoms with Crippen molar-refractivity contribution in [3.05, 3.63) is 17.5 Å². The number of hydrogen-bond acceptors (Lipinski definition) is 5. The summed E-state index contributed by atoms with van der Waals surface area (Å²) >= 11 is 1.82. The average molecular weight is 225 g/mol. The van der Waals surface area contributed by atoms with Gasteiger partial charge >= 0.3 is 0 Å². The van der Waals surface area contributed by atoms with E-state index in [2.05, 4.69) is 22.4 Å². The summed E-state index contributed by atoms with van der Waals surface area (Å²) in [4.78, 5) is 4.42. The molecule has 0 fully saturated rings. The van der Waals surface area contributed by atoms with E-state index in [0.29, 0.717) is 11.8 Å². The molecule has 0 aromatic carbocycles. The number of thioether (sulfide) groups is 1. The van der Waals surface area contributed by atoms with E-state index in [0.717, 1.165) is 23.2 Å². The first-order valence-electron chi connectivity index (χ1n) is 5.15. The van der Waals surface area contributed by atoms with Gasteiger partial charge in [-0.2, -0.15) is 0 Å². The highest BCUT2D eigenvalue weighted by Crippen LogP contribution is 2.22. The van der Waals surface area contributed by atoms with Gasteiger partial charge in [0.1, 0.15) is 11.5 Å². The van der Waals surface area contributed by atoms with Gasteiger partial charge in [-0.25, -0.2) is 0 Å². The van der Waals surface area contributed by atoms with Gasteiger partial charge in [0.05, 0.1) is 13.1 Å². The molecule has 0 saturated carbocycles. The van der Waals surface area contributed by atoms with E-state index in [-0.39, 0.29) is 0 Å². The fourth-order valence-electron chi connectivity index (χ4n) is 1.39. The van der Waals surface area contributed by atoms with E-state index in [1.165, 1.54) is 6.42 Å². The monoisotopic (exact) mass is 225 g/mol. The standard InChI is InChI=1S/C10H15N3OS/c1-3-9-6-12-10(15-9)11-5-8-4-7(2)14-13-8/h4,9H,3,5-6H2,1-2H3,(H,11,12). The van der Waals surface area contributed by atoms with Crippen LogP contribution in [0.2, 0.25) is 0 Å². The molecule has 1 unspecified atom stereocenters. The van der Waals surface area contributed by atoms with E-state index in [1.807, 2.05) is 24.8 Å². The van der Waals surface area contributed by atoms with E-state index in [9.17, 15) is 0 Å². The molecule has 2 rings (SSSR count). The van der Waals surface area contributed by atoms with Crippen LogP contribution in [0.25, 0.3) is 0 Å². The quantitative estimate of drug-likeness (QED) is 0.854. The lowest BCUT2D eigenvalue weighted by Gasteiger charge is -2.04. The van der Waals surface area contributed by atoms with E-state index >= 15 is 0 Å². The van der Waals surface area contributed by atoms with Gasteiger partial charge in [-0.05, 0) is 13.3 Å². The summed E-state index contributed by atoms with van der Waals surface area (Å²) in [5, 5.41) is 8.86. The molecule has 4 nitrogen and oxygen atoms in total. The molecule has 5 heteroatoms. The molecule has 0 radical (unpaired) electrons. The van der Waals surface area contributed by atoms with Crippen molar-refractivity contribution in [2.45, 2.75) is 32.1 Å². The normalized spacial score (nSPS) is 20.4. The van der Waals surface area contributed by atoms with Gasteiger partial charge in [0.25, 0.3) is 0 Å². The number of aliphatic imine (C=N–C) groups is 1. The first-order valence-corrected chi connectivity index (χ1v) is 6.03. The van der Waals surface area contributed by atoms with Crippen molar-refractivity contribution in [2.75, 3.05) is 6.54 Å². The van der Waals surface area contributed by atoms with Gasteiger partial charge in [-0.1, -0.05) is 23.8 Å². The van der Waals surface area contributed by atoms with Gasteiger partial charge in [-0.3, -0.25) is 4.99 Å². The third kappa shape index (κ3) is 2.75. The van der Waals surface area contributed by atoms with Crippen LogP contribution in [0.1, 0.15) is 24.8 Å². The number of nitrogens with zero attached hydrogens (tertiary/aromatic N) is 2. The molecular weight excluding hydrogens is 210 g/mol. The summed E-state index contributed by atoms with van der Waals surface area (Å²) in [6.07, 6.45) is 1.17. The van der Waals surface area contributed by atoms with Crippen molar-refractivity contribution in [3.8, 4) is 0 Å². The topological polar surface area (TPSA) is 50.4 Å². The molecule has 1 aromatic heterocycles. The number of aryl methyl sites for hydroxylation is 1. The maximum absolute atomic E-state index is 4.99. The molecule has 82 valence electrons. The molecule has 2 heterocycles. The summed E-state index contributed by atoms with van der Waals surface area (Å²) in [5.41, 5.74) is 0.927. The fourth-order valence-corrected chi connectivity index (χ4v) is 2.33. The molecule has 1 aromatic rings. The van der Waals surface area contributed by atoms with Crippen molar-refractivity contribution in [3.63, 3.8) is 0 Å². The predicted molar refractivity (Wildman–Crippen MR) is 62.1 cm³/mol. The molecule has 0 amide bonds. The van der Waals surface area contributed by atoms with Gasteiger partial charge in [0.15, 0.2) is 5.17 Å². The van der Waals surface area contributed by atoms with Crippen LogP contribution >= 0.6 is 11.8 Å². The van der Waals surface area contributed by atoms with Crippen LogP contribution in [0.4, 0.5) is 0 Å². The Kier molecular flexibility index (Phi) is 3.30. The molecule has 1 aliphatic heterocycles. The van der Waals surface area contributed by atoms with Crippen LogP contribution in [-0.2, 0) is 6.54 Å². The maximum Gasteiger partial charge on any atom is 0.157 e. The summed E-state index contributed by atoms with van der Waals surface area (Å²) in [6, 6.07) is 1.94. The van der Waals surface area contributed by atoms with E-state index in [4.69, 9.17) is 4.52 Å². The Balaban J connectivity index is 1.80. The van der Waals surface area contributed by atoms with Crippen LogP contribution in [0, 0.1) is 6.92 Å². The zero-order valence-corrected chi connectivity index (χ0v) is 9.80. The molecular formula is C10H15N3OS. The van der Waals surface area contributed by atoms with Crippen LogP contribution in [0.3, 0.4) is 0 Å². The van der Waals surface area contributed by atoms with Gasteiger partial charge in [0.2, 0.25) is 0 Å². The largest absolute Gasteiger partial charge is 0.361 e. The maximum atomic E-state index is 4.99. The summed E-state index contributed by atoms with van der Waals surface area (Å²) < 4.78 is 4.99. The molecule has 15 heavy (non-hydrogen) atoms. The van der Waals surface area contributed by atoms with Crippen molar-refractivity contribution >= 4 is 16.9 Å². The van der Waals surface area contributed by atoms with Crippen molar-refractivity contribution < 1.29 is 4.52 Å². The lowest BCUT2D eigenvalue weighted by atomic mass is 10.3. The highest BCUT2D eigenvalue weighted by molar-refractivity contribution is 8.14. The van der Waals surface area contributed by atoms with E-state index < -0.39 is 0 Å². The summed E-state index contributed by atoms with van der Waals surface area (Å²) in [5.74, 6) is 0.847. The van der Waals surface area contributed by atoms with Crippen LogP contribution in [-0.4, -0.2) is 22.1 Å². The second-order valence-electron chi connectivity index (χ2n) is 3.58. The Morgan fingerprint density at radius 1 is 1.67 bits per heavy atom. The first-order chi connectivity index (χ1) is 7.28. The highest BCUT2D eigenvalue weighted by Gasteiger charge is 2.17. The molecule has 1 aliphatic rings. The number of amidine groups is 1. The SMILES string of the molecule is CCC1CN=C(NCc2cc(C)on2)S1. The van der Waals surface area contributed by atoms with Gasteiger partial charge in [0, 0.05) is 11.3 Å². The highest BCUT2D eigenvalue weighted by atomic mass is 32.2. The first kappa shape index (κ1) is 10.5. The van der Waals surface area contributed by atoms with Crippen molar-refractivity contribution in [1.82, 2.24) is 10.5 Å². The molecule has 0 saturated heterocycles. The van der Waals surface area contributed by atoms with Gasteiger partial charge in [-0.15, -0.1) is 0 Å². The molecule has 0 aliphatic carbocycles. The molecule has 0 bridgehead atoms. The fraction of sp³-hybridized carbons (Fsp3) is 0.600. The Morgan fingerprint density at radius 3 is 3.13 bits per heavy atom. The zero-order valence-electron chi connectivity index (χ0n) is 8.99. The summed E-state index contributed by atoms with van der Waals surface area (Å²) in [7, 11) is 0. The minimum Gasteiger partial charge on any atom is -0.361 e. The van der Waals surface area contributed by atoms with Crippen LogP contribution < -0.4 is 5.32 Å². The van der Waals surface area contributed by atoms with E-state index in [1.54, 1.807) is 0 Å². The number of nitrogens with one attached hydrogen (secondary N) is 1. The molecule has 1 N–H and O–H groups in total. The Bertz CT molecular complexity index is 361.